The number of allylic oxidation sites excluding steroid dienone is 1. The van der Waals surface area contributed by atoms with Crippen molar-refractivity contribution in [1.29, 1.82) is 0 Å². The quantitative estimate of drug-likeness (QED) is 0.659. The van der Waals surface area contributed by atoms with Crippen LogP contribution in [0.25, 0.3) is 6.08 Å². The Labute approximate surface area is 162 Å². The maximum atomic E-state index is 12.3. The maximum Gasteiger partial charge on any atom is 0.233 e. The van der Waals surface area contributed by atoms with E-state index in [0.717, 1.165) is 37.1 Å². The van der Waals surface area contributed by atoms with E-state index >= 15 is 0 Å². The molecule has 4 nitrogen and oxygen atoms in total. The molecule has 0 saturated heterocycles. The Hall–Kier alpha value is -2.33. The molecule has 3 N–H and O–H groups in total. The lowest BCUT2D eigenvalue weighted by atomic mass is 9.97. The number of benzene rings is 1. The highest BCUT2D eigenvalue weighted by Gasteiger charge is 2.22. The van der Waals surface area contributed by atoms with Crippen LogP contribution < -0.4 is 10.6 Å². The summed E-state index contributed by atoms with van der Waals surface area (Å²) in [4.78, 5) is 15.9. The normalized spacial score (nSPS) is 14.2. The topological polar surface area (TPSA) is 56.9 Å². The summed E-state index contributed by atoms with van der Waals surface area (Å²) in [5.41, 5.74) is 6.20. The van der Waals surface area contributed by atoms with Crippen LogP contribution in [0.3, 0.4) is 0 Å². The average molecular weight is 366 g/mol. The largest absolute Gasteiger partial charge is 0.360 e. The molecule has 4 heteroatoms. The Morgan fingerprint density at radius 1 is 1.22 bits per heavy atom. The molecule has 1 aromatic heterocycles. The zero-order valence-electron chi connectivity index (χ0n) is 16.6. The van der Waals surface area contributed by atoms with Crippen LogP contribution in [0, 0.1) is 12.8 Å². The predicted molar refractivity (Wildman–Crippen MR) is 112 cm³/mol. The van der Waals surface area contributed by atoms with Crippen LogP contribution in [0.2, 0.25) is 0 Å². The fourth-order valence-electron chi connectivity index (χ4n) is 3.62. The molecule has 27 heavy (non-hydrogen) atoms. The van der Waals surface area contributed by atoms with Gasteiger partial charge >= 0.3 is 0 Å². The highest BCUT2D eigenvalue weighted by molar-refractivity contribution is 5.78. The standard InChI is InChI=1S/C23H31N3O/c1-16(2)13-14-24-21(27)15-25-23(18-9-5-4-6-10-18)22-17(3)19-11-7-8-12-20(19)26-22/h4-7,9-11,16,23,25-26H,8,12-15H2,1-3H3,(H,24,27). The lowest BCUT2D eigenvalue weighted by Gasteiger charge is -2.20. The van der Waals surface area contributed by atoms with Gasteiger partial charge in [0.05, 0.1) is 12.6 Å². The zero-order chi connectivity index (χ0) is 19.2. The number of H-pyrrole nitrogens is 1. The second-order valence-corrected chi connectivity index (χ2v) is 7.75. The molecular formula is C23H31N3O. The lowest BCUT2D eigenvalue weighted by Crippen LogP contribution is -2.37. The van der Waals surface area contributed by atoms with E-state index in [1.54, 1.807) is 0 Å². The van der Waals surface area contributed by atoms with Crippen LogP contribution >= 0.6 is 0 Å². The summed E-state index contributed by atoms with van der Waals surface area (Å²) < 4.78 is 0. The Kier molecular flexibility index (Phi) is 6.51. The Morgan fingerprint density at radius 2 is 2.00 bits per heavy atom. The van der Waals surface area contributed by atoms with Gasteiger partial charge in [-0.25, -0.2) is 0 Å². The Balaban J connectivity index is 1.76. The van der Waals surface area contributed by atoms with Gasteiger partial charge in [-0.15, -0.1) is 0 Å². The van der Waals surface area contributed by atoms with Crippen molar-refractivity contribution in [2.24, 2.45) is 5.92 Å². The van der Waals surface area contributed by atoms with Gasteiger partial charge < -0.3 is 10.3 Å². The molecule has 0 aliphatic heterocycles. The third-order valence-corrected chi connectivity index (χ3v) is 5.20. The predicted octanol–water partition coefficient (Wildman–Crippen LogP) is 4.12. The summed E-state index contributed by atoms with van der Waals surface area (Å²) in [5, 5.41) is 6.49. The smallest absolute Gasteiger partial charge is 0.233 e. The van der Waals surface area contributed by atoms with Crippen LogP contribution in [0.15, 0.2) is 36.4 Å². The van der Waals surface area contributed by atoms with Gasteiger partial charge in [-0.3, -0.25) is 10.1 Å². The maximum absolute atomic E-state index is 12.3. The first-order valence-electron chi connectivity index (χ1n) is 9.99. The van der Waals surface area contributed by atoms with Crippen molar-refractivity contribution in [3.8, 4) is 0 Å². The molecule has 0 saturated carbocycles. The summed E-state index contributed by atoms with van der Waals surface area (Å²) in [5.74, 6) is 0.640. The van der Waals surface area contributed by atoms with Crippen molar-refractivity contribution < 1.29 is 4.79 Å². The average Bonchev–Trinajstić information content (AvgIpc) is 2.99. The van der Waals surface area contributed by atoms with Gasteiger partial charge in [0.1, 0.15) is 0 Å². The van der Waals surface area contributed by atoms with Crippen molar-refractivity contribution in [1.82, 2.24) is 15.6 Å². The molecule has 1 unspecified atom stereocenters. The highest BCUT2D eigenvalue weighted by atomic mass is 16.1. The van der Waals surface area contributed by atoms with Gasteiger partial charge in [0.25, 0.3) is 0 Å². The summed E-state index contributed by atoms with van der Waals surface area (Å²) in [6.45, 7) is 7.53. The van der Waals surface area contributed by atoms with E-state index in [0.29, 0.717) is 12.5 Å². The SMILES string of the molecule is Cc1c(C(NCC(=O)NCCC(C)C)c2ccccc2)[nH]c2c1C=CCC2. The summed E-state index contributed by atoms with van der Waals surface area (Å²) in [7, 11) is 0. The third-order valence-electron chi connectivity index (χ3n) is 5.20. The third kappa shape index (κ3) is 4.89. The second-order valence-electron chi connectivity index (χ2n) is 7.75. The van der Waals surface area contributed by atoms with E-state index in [9.17, 15) is 4.79 Å². The van der Waals surface area contributed by atoms with Gasteiger partial charge in [-0.05, 0) is 48.8 Å². The summed E-state index contributed by atoms with van der Waals surface area (Å²) in [6.07, 6.45) is 7.58. The van der Waals surface area contributed by atoms with E-state index in [1.807, 2.05) is 18.2 Å². The van der Waals surface area contributed by atoms with E-state index in [4.69, 9.17) is 0 Å². The van der Waals surface area contributed by atoms with Crippen LogP contribution in [0.5, 0.6) is 0 Å². The van der Waals surface area contributed by atoms with E-state index < -0.39 is 0 Å². The fraction of sp³-hybridized carbons (Fsp3) is 0.435. The van der Waals surface area contributed by atoms with Gasteiger partial charge in [-0.2, -0.15) is 0 Å². The molecule has 1 atom stereocenters. The molecule has 1 aliphatic rings. The summed E-state index contributed by atoms with van der Waals surface area (Å²) in [6, 6.07) is 10.3. The van der Waals surface area contributed by atoms with Gasteiger partial charge in [0.2, 0.25) is 5.91 Å². The number of aryl methyl sites for hydroxylation is 1. The number of hydrogen-bond donors (Lipinski definition) is 3. The second kappa shape index (κ2) is 9.05. The van der Waals surface area contributed by atoms with E-state index in [2.05, 4.69) is 60.7 Å². The number of fused-ring (bicyclic) bond motifs is 1. The molecule has 3 rings (SSSR count). The minimum atomic E-state index is -0.0268. The van der Waals surface area contributed by atoms with Crippen molar-refractivity contribution in [2.45, 2.75) is 46.1 Å². The Bertz CT molecular complexity index is 789. The monoisotopic (exact) mass is 365 g/mol. The molecular weight excluding hydrogens is 334 g/mol. The first-order valence-corrected chi connectivity index (χ1v) is 9.99. The van der Waals surface area contributed by atoms with Crippen LogP contribution in [0.4, 0.5) is 0 Å². The number of nitrogens with one attached hydrogen (secondary N) is 3. The van der Waals surface area contributed by atoms with Crippen molar-refractivity contribution >= 4 is 12.0 Å². The van der Waals surface area contributed by atoms with Crippen LogP contribution in [0.1, 0.15) is 60.8 Å². The van der Waals surface area contributed by atoms with Crippen molar-refractivity contribution in [3.05, 3.63) is 64.5 Å². The number of carbonyl (C=O) groups is 1. The van der Waals surface area contributed by atoms with Crippen LogP contribution in [-0.4, -0.2) is 24.0 Å². The number of aromatic nitrogens is 1. The Morgan fingerprint density at radius 3 is 2.70 bits per heavy atom. The zero-order valence-corrected chi connectivity index (χ0v) is 16.6. The molecule has 1 heterocycles. The van der Waals surface area contributed by atoms with Gasteiger partial charge in [0.15, 0.2) is 0 Å². The number of amides is 1. The van der Waals surface area contributed by atoms with Crippen molar-refractivity contribution in [3.63, 3.8) is 0 Å². The summed E-state index contributed by atoms with van der Waals surface area (Å²) >= 11 is 0. The lowest BCUT2D eigenvalue weighted by molar-refractivity contribution is -0.120. The minimum absolute atomic E-state index is 0.0268. The fourth-order valence-corrected chi connectivity index (χ4v) is 3.62. The van der Waals surface area contributed by atoms with E-state index in [1.165, 1.54) is 16.8 Å². The first kappa shape index (κ1) is 19.4. The highest BCUT2D eigenvalue weighted by Crippen LogP contribution is 2.31. The number of rotatable bonds is 8. The molecule has 0 radical (unpaired) electrons. The molecule has 1 aliphatic carbocycles. The van der Waals surface area contributed by atoms with Crippen LogP contribution in [-0.2, 0) is 11.2 Å². The number of hydrogen-bond acceptors (Lipinski definition) is 2. The molecule has 0 bridgehead atoms. The van der Waals surface area contributed by atoms with Gasteiger partial charge in [0, 0.05) is 17.9 Å². The van der Waals surface area contributed by atoms with Gasteiger partial charge in [-0.1, -0.05) is 56.3 Å². The minimum Gasteiger partial charge on any atom is -0.360 e. The van der Waals surface area contributed by atoms with E-state index in [-0.39, 0.29) is 11.9 Å². The molecule has 2 aromatic rings. The molecule has 144 valence electrons. The van der Waals surface area contributed by atoms with Crippen molar-refractivity contribution in [2.75, 3.05) is 13.1 Å². The number of aromatic amines is 1. The molecule has 0 spiro atoms. The number of carbonyl (C=O) groups excluding carboxylic acids is 1. The molecule has 1 amide bonds. The molecule has 1 aromatic carbocycles. The molecule has 0 fully saturated rings. The first-order chi connectivity index (χ1) is 13.1.